The number of carbonyl (C=O) groups excluding carboxylic acids is 2. The molecule has 23 heavy (non-hydrogen) atoms. The smallest absolute Gasteiger partial charge is 0.313 e. The van der Waals surface area contributed by atoms with E-state index in [9.17, 15) is 9.59 Å². The third kappa shape index (κ3) is 6.00. The SMILES string of the molecule is Cc1ccc(NC(=O)C(=O)NCCCN2CCN(C)CC2)cc1. The summed E-state index contributed by atoms with van der Waals surface area (Å²) in [5.74, 6) is -1.20. The van der Waals surface area contributed by atoms with Gasteiger partial charge in [0.25, 0.3) is 0 Å². The van der Waals surface area contributed by atoms with Gasteiger partial charge in [-0.05, 0) is 39.1 Å². The van der Waals surface area contributed by atoms with E-state index < -0.39 is 11.8 Å². The molecule has 2 rings (SSSR count). The first kappa shape index (κ1) is 17.4. The van der Waals surface area contributed by atoms with Crippen molar-refractivity contribution >= 4 is 17.5 Å². The number of piperazine rings is 1. The maximum Gasteiger partial charge on any atom is 0.313 e. The predicted molar refractivity (Wildman–Crippen MR) is 91.4 cm³/mol. The highest BCUT2D eigenvalue weighted by atomic mass is 16.2. The van der Waals surface area contributed by atoms with E-state index in [0.717, 1.165) is 44.7 Å². The monoisotopic (exact) mass is 318 g/mol. The fraction of sp³-hybridized carbons (Fsp3) is 0.529. The molecule has 0 radical (unpaired) electrons. The van der Waals surface area contributed by atoms with E-state index in [0.29, 0.717) is 12.2 Å². The minimum absolute atomic E-state index is 0.520. The highest BCUT2D eigenvalue weighted by Crippen LogP contribution is 2.08. The van der Waals surface area contributed by atoms with Gasteiger partial charge in [-0.3, -0.25) is 9.59 Å². The molecule has 0 unspecified atom stereocenters. The Balaban J connectivity index is 1.62. The summed E-state index contributed by atoms with van der Waals surface area (Å²) in [5, 5.41) is 5.27. The molecule has 0 bridgehead atoms. The second kappa shape index (κ2) is 8.64. The molecule has 1 aliphatic heterocycles. The minimum atomic E-state index is -0.617. The number of hydrogen-bond acceptors (Lipinski definition) is 4. The number of anilines is 1. The maximum atomic E-state index is 11.8. The van der Waals surface area contributed by atoms with Crippen LogP contribution in [-0.2, 0) is 9.59 Å². The van der Waals surface area contributed by atoms with Gasteiger partial charge in [-0.1, -0.05) is 17.7 Å². The van der Waals surface area contributed by atoms with Crippen LogP contribution >= 0.6 is 0 Å². The summed E-state index contributed by atoms with van der Waals surface area (Å²) in [6.45, 7) is 7.76. The van der Waals surface area contributed by atoms with Crippen LogP contribution in [0, 0.1) is 6.92 Å². The Bertz CT molecular complexity index is 522. The van der Waals surface area contributed by atoms with Crippen molar-refractivity contribution in [2.24, 2.45) is 0 Å². The number of carbonyl (C=O) groups is 2. The van der Waals surface area contributed by atoms with Gasteiger partial charge >= 0.3 is 11.8 Å². The molecule has 0 aliphatic carbocycles. The second-order valence-corrected chi connectivity index (χ2v) is 6.07. The van der Waals surface area contributed by atoms with Gasteiger partial charge in [0.05, 0.1) is 0 Å². The molecule has 0 aromatic heterocycles. The Kier molecular flexibility index (Phi) is 6.55. The summed E-state index contributed by atoms with van der Waals surface area (Å²) < 4.78 is 0. The van der Waals surface area contributed by atoms with Gasteiger partial charge in [0, 0.05) is 38.4 Å². The van der Waals surface area contributed by atoms with Gasteiger partial charge in [0.2, 0.25) is 0 Å². The molecule has 1 fully saturated rings. The van der Waals surface area contributed by atoms with Crippen LogP contribution in [0.3, 0.4) is 0 Å². The summed E-state index contributed by atoms with van der Waals surface area (Å²) in [5.41, 5.74) is 1.74. The third-order valence-electron chi connectivity index (χ3n) is 4.05. The van der Waals surface area contributed by atoms with Gasteiger partial charge in [-0.15, -0.1) is 0 Å². The highest BCUT2D eigenvalue weighted by molar-refractivity contribution is 6.39. The number of likely N-dealkylation sites (N-methyl/N-ethyl adjacent to an activating group) is 1. The molecule has 1 saturated heterocycles. The van der Waals surface area contributed by atoms with E-state index in [2.05, 4.69) is 27.5 Å². The van der Waals surface area contributed by atoms with Gasteiger partial charge < -0.3 is 20.4 Å². The molecule has 6 nitrogen and oxygen atoms in total. The number of nitrogens with zero attached hydrogens (tertiary/aromatic N) is 2. The standard InChI is InChI=1S/C17H26N4O2/c1-14-4-6-15(7-5-14)19-17(23)16(22)18-8-3-9-21-12-10-20(2)11-13-21/h4-7H,3,8-13H2,1-2H3,(H,18,22)(H,19,23). The zero-order chi connectivity index (χ0) is 16.7. The van der Waals surface area contributed by atoms with Crippen LogP contribution in [0.15, 0.2) is 24.3 Å². The van der Waals surface area contributed by atoms with Gasteiger partial charge in [0.15, 0.2) is 0 Å². The predicted octanol–water partition coefficient (Wildman–Crippen LogP) is 0.687. The molecule has 0 spiro atoms. The van der Waals surface area contributed by atoms with Gasteiger partial charge in [0.1, 0.15) is 0 Å². The summed E-state index contributed by atoms with van der Waals surface area (Å²) in [6, 6.07) is 7.36. The number of nitrogens with one attached hydrogen (secondary N) is 2. The molecule has 6 heteroatoms. The fourth-order valence-electron chi connectivity index (χ4n) is 2.48. The first-order chi connectivity index (χ1) is 11.0. The molecule has 1 aliphatic rings. The Morgan fingerprint density at radius 3 is 2.35 bits per heavy atom. The Labute approximate surface area is 137 Å². The number of rotatable bonds is 5. The van der Waals surface area contributed by atoms with Crippen LogP contribution in [0.4, 0.5) is 5.69 Å². The van der Waals surface area contributed by atoms with E-state index in [4.69, 9.17) is 0 Å². The number of amides is 2. The molecule has 2 N–H and O–H groups in total. The van der Waals surface area contributed by atoms with Crippen molar-refractivity contribution in [1.29, 1.82) is 0 Å². The first-order valence-corrected chi connectivity index (χ1v) is 8.11. The molecular weight excluding hydrogens is 292 g/mol. The third-order valence-corrected chi connectivity index (χ3v) is 4.05. The van der Waals surface area contributed by atoms with E-state index in [-0.39, 0.29) is 0 Å². The molecular formula is C17H26N4O2. The molecule has 1 heterocycles. The number of aryl methyl sites for hydroxylation is 1. The summed E-state index contributed by atoms with van der Waals surface area (Å²) in [4.78, 5) is 28.3. The molecule has 1 aromatic carbocycles. The Hall–Kier alpha value is -1.92. The topological polar surface area (TPSA) is 64.7 Å². The van der Waals surface area contributed by atoms with Crippen LogP contribution in [0.1, 0.15) is 12.0 Å². The Morgan fingerprint density at radius 1 is 1.04 bits per heavy atom. The van der Waals surface area contributed by atoms with Crippen LogP contribution < -0.4 is 10.6 Å². The van der Waals surface area contributed by atoms with Crippen LogP contribution in [0.2, 0.25) is 0 Å². The van der Waals surface area contributed by atoms with Crippen LogP contribution in [0.25, 0.3) is 0 Å². The average molecular weight is 318 g/mol. The van der Waals surface area contributed by atoms with E-state index in [1.165, 1.54) is 0 Å². The van der Waals surface area contributed by atoms with Crippen LogP contribution in [-0.4, -0.2) is 67.9 Å². The lowest BCUT2D eigenvalue weighted by Crippen LogP contribution is -2.45. The largest absolute Gasteiger partial charge is 0.348 e. The second-order valence-electron chi connectivity index (χ2n) is 6.07. The summed E-state index contributed by atoms with van der Waals surface area (Å²) in [7, 11) is 2.13. The highest BCUT2D eigenvalue weighted by Gasteiger charge is 2.15. The van der Waals surface area contributed by atoms with Crippen molar-refractivity contribution in [3.05, 3.63) is 29.8 Å². The van der Waals surface area contributed by atoms with E-state index in [1.54, 1.807) is 12.1 Å². The first-order valence-electron chi connectivity index (χ1n) is 8.11. The van der Waals surface area contributed by atoms with E-state index in [1.807, 2.05) is 19.1 Å². The van der Waals surface area contributed by atoms with Gasteiger partial charge in [-0.25, -0.2) is 0 Å². The molecule has 0 atom stereocenters. The lowest BCUT2D eigenvalue weighted by atomic mass is 10.2. The van der Waals surface area contributed by atoms with Gasteiger partial charge in [-0.2, -0.15) is 0 Å². The zero-order valence-corrected chi connectivity index (χ0v) is 14.0. The van der Waals surface area contributed by atoms with Crippen molar-refractivity contribution < 1.29 is 9.59 Å². The fourth-order valence-corrected chi connectivity index (χ4v) is 2.48. The quantitative estimate of drug-likeness (QED) is 0.619. The lowest BCUT2D eigenvalue weighted by Gasteiger charge is -2.32. The van der Waals surface area contributed by atoms with Crippen molar-refractivity contribution in [2.75, 3.05) is 51.6 Å². The van der Waals surface area contributed by atoms with Crippen molar-refractivity contribution in [3.63, 3.8) is 0 Å². The van der Waals surface area contributed by atoms with Crippen molar-refractivity contribution in [2.45, 2.75) is 13.3 Å². The zero-order valence-electron chi connectivity index (χ0n) is 14.0. The number of hydrogen-bond donors (Lipinski definition) is 2. The molecule has 0 saturated carbocycles. The molecule has 126 valence electrons. The Morgan fingerprint density at radius 2 is 1.70 bits per heavy atom. The average Bonchev–Trinajstić information content (AvgIpc) is 2.55. The van der Waals surface area contributed by atoms with E-state index >= 15 is 0 Å². The minimum Gasteiger partial charge on any atom is -0.348 e. The normalized spacial score (nSPS) is 16.1. The summed E-state index contributed by atoms with van der Waals surface area (Å²) in [6.07, 6.45) is 0.854. The molecule has 1 aromatic rings. The number of benzene rings is 1. The van der Waals surface area contributed by atoms with Crippen molar-refractivity contribution in [3.8, 4) is 0 Å². The summed E-state index contributed by atoms with van der Waals surface area (Å²) >= 11 is 0. The lowest BCUT2D eigenvalue weighted by molar-refractivity contribution is -0.136. The molecule has 2 amide bonds. The van der Waals surface area contributed by atoms with Crippen molar-refractivity contribution in [1.82, 2.24) is 15.1 Å². The van der Waals surface area contributed by atoms with Crippen LogP contribution in [0.5, 0.6) is 0 Å². The maximum absolute atomic E-state index is 11.8.